The molecule has 2 heterocycles. The first-order chi connectivity index (χ1) is 12.7. The van der Waals surface area contributed by atoms with Gasteiger partial charge >= 0.3 is 6.18 Å². The van der Waals surface area contributed by atoms with Gasteiger partial charge in [0.1, 0.15) is 6.33 Å². The number of nitrogens with zero attached hydrogens (tertiary/aromatic N) is 4. The van der Waals surface area contributed by atoms with Gasteiger partial charge in [-0.3, -0.25) is 4.79 Å². The average molecular weight is 381 g/mol. The van der Waals surface area contributed by atoms with Gasteiger partial charge in [-0.2, -0.15) is 18.4 Å². The minimum Gasteiger partial charge on any atom is -0.307 e. The van der Waals surface area contributed by atoms with Gasteiger partial charge in [-0.25, -0.2) is 9.37 Å². The summed E-state index contributed by atoms with van der Waals surface area (Å²) in [7, 11) is 0. The molecule has 1 aromatic carbocycles. The predicted octanol–water partition coefficient (Wildman–Crippen LogP) is 3.11. The molecule has 1 aromatic heterocycles. The highest BCUT2D eigenvalue weighted by atomic mass is 19.4. The van der Waals surface area contributed by atoms with Gasteiger partial charge in [-0.05, 0) is 31.0 Å². The molecule has 1 N–H and O–H groups in total. The maximum Gasteiger partial charge on any atom is 0.416 e. The lowest BCUT2D eigenvalue weighted by Gasteiger charge is -2.32. The van der Waals surface area contributed by atoms with Gasteiger partial charge in [0, 0.05) is 12.2 Å². The summed E-state index contributed by atoms with van der Waals surface area (Å²) in [5, 5.41) is 11.2. The highest BCUT2D eigenvalue weighted by Gasteiger charge is 2.43. The van der Waals surface area contributed by atoms with Crippen LogP contribution in [0.25, 0.3) is 5.69 Å². The summed E-state index contributed by atoms with van der Waals surface area (Å²) in [5.74, 6) is -0.930. The van der Waals surface area contributed by atoms with Crippen molar-refractivity contribution in [3.63, 3.8) is 0 Å². The van der Waals surface area contributed by atoms with Gasteiger partial charge in [-0.1, -0.05) is 6.07 Å². The van der Waals surface area contributed by atoms with E-state index in [2.05, 4.69) is 10.3 Å². The molecule has 0 unspecified atom stereocenters. The van der Waals surface area contributed by atoms with Crippen LogP contribution in [0.15, 0.2) is 36.8 Å². The number of aromatic nitrogens is 2. The molecular weight excluding hydrogens is 366 g/mol. The quantitative estimate of drug-likeness (QED) is 0.655. The van der Waals surface area contributed by atoms with Crippen LogP contribution in [0, 0.1) is 11.5 Å². The van der Waals surface area contributed by atoms with Gasteiger partial charge < -0.3 is 14.8 Å². The Morgan fingerprint density at radius 3 is 2.85 bits per heavy atom. The van der Waals surface area contributed by atoms with E-state index in [0.717, 1.165) is 12.1 Å². The number of rotatable bonds is 3. The zero-order valence-corrected chi connectivity index (χ0v) is 14.0. The first-order valence-electron chi connectivity index (χ1n) is 8.08. The number of alkyl halides is 4. The first kappa shape index (κ1) is 18.7. The van der Waals surface area contributed by atoms with Crippen LogP contribution in [-0.4, -0.2) is 39.1 Å². The number of carbonyl (C=O) groups is 1. The Morgan fingerprint density at radius 1 is 1.37 bits per heavy atom. The third-order valence-corrected chi connectivity index (χ3v) is 4.29. The number of piperidine rings is 1. The summed E-state index contributed by atoms with van der Waals surface area (Å²) in [6.45, 7) is 0.0449. The standard InChI is InChI=1S/C17H15F4N5O/c18-16(5-2-6-25(9-16)10-22)15(27)24-14-8-26(11-23-14)13-4-1-3-12(7-13)17(19,20)21/h1,3-4,7-8,11H,2,5-6,9H2,(H,24,27)/t16-/m1/s1. The highest BCUT2D eigenvalue weighted by molar-refractivity contribution is 5.96. The summed E-state index contributed by atoms with van der Waals surface area (Å²) in [4.78, 5) is 17.3. The molecule has 0 spiro atoms. The number of imidazole rings is 1. The topological polar surface area (TPSA) is 74.0 Å². The van der Waals surface area contributed by atoms with E-state index >= 15 is 0 Å². The fourth-order valence-corrected chi connectivity index (χ4v) is 2.88. The minimum atomic E-state index is -4.48. The third kappa shape index (κ3) is 4.02. The van der Waals surface area contributed by atoms with Crippen molar-refractivity contribution in [3.8, 4) is 11.9 Å². The second-order valence-corrected chi connectivity index (χ2v) is 6.26. The highest BCUT2D eigenvalue weighted by Crippen LogP contribution is 2.30. The number of nitriles is 1. The van der Waals surface area contributed by atoms with E-state index < -0.39 is 23.3 Å². The van der Waals surface area contributed by atoms with Crippen LogP contribution < -0.4 is 5.32 Å². The molecule has 6 nitrogen and oxygen atoms in total. The zero-order chi connectivity index (χ0) is 19.7. The molecule has 142 valence electrons. The smallest absolute Gasteiger partial charge is 0.307 e. The Bertz CT molecular complexity index is 888. The lowest BCUT2D eigenvalue weighted by Crippen LogP contribution is -2.51. The van der Waals surface area contributed by atoms with Crippen molar-refractivity contribution < 1.29 is 22.4 Å². The van der Waals surface area contributed by atoms with E-state index in [1.807, 2.05) is 6.19 Å². The molecule has 1 saturated heterocycles. The summed E-state index contributed by atoms with van der Waals surface area (Å²) < 4.78 is 54.6. The number of halogens is 4. The summed E-state index contributed by atoms with van der Waals surface area (Å²) in [6.07, 6.45) is 0.187. The summed E-state index contributed by atoms with van der Waals surface area (Å²) in [5.41, 5.74) is -2.85. The summed E-state index contributed by atoms with van der Waals surface area (Å²) in [6, 6.07) is 4.59. The Morgan fingerprint density at radius 2 is 2.15 bits per heavy atom. The molecule has 1 atom stereocenters. The molecule has 1 fully saturated rings. The summed E-state index contributed by atoms with van der Waals surface area (Å²) >= 11 is 0. The van der Waals surface area contributed by atoms with E-state index in [-0.39, 0.29) is 24.5 Å². The molecule has 1 aliphatic heterocycles. The largest absolute Gasteiger partial charge is 0.416 e. The van der Waals surface area contributed by atoms with E-state index in [1.54, 1.807) is 0 Å². The molecular formula is C17H15F4N5O. The molecule has 10 heteroatoms. The lowest BCUT2D eigenvalue weighted by atomic mass is 9.94. The van der Waals surface area contributed by atoms with Crippen LogP contribution in [0.3, 0.4) is 0 Å². The number of hydrogen-bond donors (Lipinski definition) is 1. The van der Waals surface area contributed by atoms with Crippen molar-refractivity contribution in [2.45, 2.75) is 24.7 Å². The van der Waals surface area contributed by atoms with Crippen molar-refractivity contribution in [2.24, 2.45) is 0 Å². The van der Waals surface area contributed by atoms with E-state index in [9.17, 15) is 22.4 Å². The maximum atomic E-state index is 14.8. The van der Waals surface area contributed by atoms with Gasteiger partial charge in [-0.15, -0.1) is 0 Å². The molecule has 1 aliphatic rings. The third-order valence-electron chi connectivity index (χ3n) is 4.29. The Hall–Kier alpha value is -3.09. The van der Waals surface area contributed by atoms with Crippen molar-refractivity contribution in [2.75, 3.05) is 18.4 Å². The van der Waals surface area contributed by atoms with Crippen molar-refractivity contribution in [1.82, 2.24) is 14.5 Å². The van der Waals surface area contributed by atoms with Crippen molar-refractivity contribution in [3.05, 3.63) is 42.4 Å². The molecule has 3 rings (SSSR count). The van der Waals surface area contributed by atoms with Crippen LogP contribution in [0.1, 0.15) is 18.4 Å². The molecule has 0 radical (unpaired) electrons. The van der Waals surface area contributed by atoms with Gasteiger partial charge in [0.15, 0.2) is 12.0 Å². The number of carbonyl (C=O) groups excluding carboxylic acids is 1. The molecule has 2 aromatic rings. The molecule has 0 saturated carbocycles. The number of hydrogen-bond acceptors (Lipinski definition) is 4. The minimum absolute atomic E-state index is 0.00326. The number of anilines is 1. The Labute approximate surface area is 152 Å². The van der Waals surface area contributed by atoms with E-state index in [0.29, 0.717) is 13.0 Å². The van der Waals surface area contributed by atoms with Crippen LogP contribution in [0.5, 0.6) is 0 Å². The van der Waals surface area contributed by atoms with Crippen LogP contribution in [-0.2, 0) is 11.0 Å². The van der Waals surface area contributed by atoms with Crippen molar-refractivity contribution in [1.29, 1.82) is 5.26 Å². The SMILES string of the molecule is N#CN1CCC[C@](F)(C(=O)Nc2cn(-c3cccc(C(F)(F)F)c3)cn2)C1. The maximum absolute atomic E-state index is 14.8. The van der Waals surface area contributed by atoms with Crippen molar-refractivity contribution >= 4 is 11.7 Å². The zero-order valence-electron chi connectivity index (χ0n) is 14.0. The number of amides is 1. The monoisotopic (exact) mass is 381 g/mol. The van der Waals surface area contributed by atoms with E-state index in [1.165, 1.54) is 34.1 Å². The number of likely N-dealkylation sites (tertiary alicyclic amines) is 1. The molecule has 0 aliphatic carbocycles. The van der Waals surface area contributed by atoms with Crippen LogP contribution in [0.2, 0.25) is 0 Å². The second-order valence-electron chi connectivity index (χ2n) is 6.26. The molecule has 1 amide bonds. The van der Waals surface area contributed by atoms with E-state index in [4.69, 9.17) is 5.26 Å². The number of nitrogens with one attached hydrogen (secondary N) is 1. The van der Waals surface area contributed by atoms with Crippen LogP contribution >= 0.6 is 0 Å². The normalized spacial score (nSPS) is 20.2. The predicted molar refractivity (Wildman–Crippen MR) is 87.5 cm³/mol. The molecule has 27 heavy (non-hydrogen) atoms. The fourth-order valence-electron chi connectivity index (χ4n) is 2.88. The Balaban J connectivity index is 1.75. The second kappa shape index (κ2) is 6.90. The van der Waals surface area contributed by atoms with Gasteiger partial charge in [0.05, 0.1) is 18.3 Å². The lowest BCUT2D eigenvalue weighted by molar-refractivity contribution is -0.137. The number of benzene rings is 1. The van der Waals surface area contributed by atoms with Gasteiger partial charge in [0.2, 0.25) is 5.67 Å². The Kier molecular flexibility index (Phi) is 4.78. The average Bonchev–Trinajstić information content (AvgIpc) is 3.09. The molecule has 0 bridgehead atoms. The first-order valence-corrected chi connectivity index (χ1v) is 8.08. The van der Waals surface area contributed by atoms with Gasteiger partial charge in [0.25, 0.3) is 5.91 Å². The van der Waals surface area contributed by atoms with Crippen LogP contribution in [0.4, 0.5) is 23.4 Å². The fraction of sp³-hybridized carbons (Fsp3) is 0.353.